The van der Waals surface area contributed by atoms with E-state index >= 15 is 0 Å². The van der Waals surface area contributed by atoms with Crippen LogP contribution in [0.1, 0.15) is 16.7 Å². The smallest absolute Gasteiger partial charge is 0.124 e. The fraction of sp³-hybridized carbons (Fsp3) is 0.0588. The highest BCUT2D eigenvalue weighted by atomic mass is 32.2. The minimum Gasteiger partial charge on any atom is -0.236 e. The van der Waals surface area contributed by atoms with Crippen molar-refractivity contribution in [2.24, 2.45) is 5.92 Å². The number of hydrogen-bond acceptors (Lipinski definition) is 5. The second kappa shape index (κ2) is 12.6. The monoisotopic (exact) mass is 768 g/mol. The summed E-state index contributed by atoms with van der Waals surface area (Å²) in [5.74, 6) is 0.305. The van der Waals surface area contributed by atoms with Crippen LogP contribution in [0.15, 0.2) is 187 Å². The second-order valence-electron chi connectivity index (χ2n) is 14.8. The van der Waals surface area contributed by atoms with E-state index < -0.39 is 0 Å². The van der Waals surface area contributed by atoms with Crippen molar-refractivity contribution in [1.29, 1.82) is 0 Å². The van der Waals surface area contributed by atoms with Crippen LogP contribution < -0.4 is 0 Å². The molecule has 1 spiro atoms. The quantitative estimate of drug-likeness (QED) is 0.178. The molecule has 3 atom stereocenters. The van der Waals surface area contributed by atoms with Crippen molar-refractivity contribution in [2.75, 3.05) is 0 Å². The highest BCUT2D eigenvalue weighted by molar-refractivity contribution is 8.00. The third kappa shape index (κ3) is 4.88. The van der Waals surface area contributed by atoms with Gasteiger partial charge in [0.25, 0.3) is 0 Å². The van der Waals surface area contributed by atoms with Crippen molar-refractivity contribution in [3.63, 3.8) is 0 Å². The van der Waals surface area contributed by atoms with Gasteiger partial charge in [-0.2, -0.15) is 0 Å². The molecule has 0 fully saturated rings. The lowest BCUT2D eigenvalue weighted by Gasteiger charge is -2.47. The van der Waals surface area contributed by atoms with Crippen molar-refractivity contribution in [1.82, 2.24) is 9.97 Å². The molecule has 2 aliphatic carbocycles. The van der Waals surface area contributed by atoms with E-state index in [0.29, 0.717) is 11.2 Å². The van der Waals surface area contributed by atoms with Gasteiger partial charge in [-0.15, -0.1) is 34.4 Å². The molecule has 56 heavy (non-hydrogen) atoms. The summed E-state index contributed by atoms with van der Waals surface area (Å²) in [6.45, 7) is 0. The zero-order chi connectivity index (χ0) is 36.8. The third-order valence-corrected chi connectivity index (χ3v) is 15.3. The molecule has 2 nitrogen and oxygen atoms in total. The summed E-state index contributed by atoms with van der Waals surface area (Å²) in [6.07, 6.45) is 9.36. The molecule has 0 saturated heterocycles. The van der Waals surface area contributed by atoms with Gasteiger partial charge in [-0.05, 0) is 105 Å². The van der Waals surface area contributed by atoms with Gasteiger partial charge in [0.05, 0.1) is 25.8 Å². The van der Waals surface area contributed by atoms with Gasteiger partial charge in [-0.3, -0.25) is 0 Å². The van der Waals surface area contributed by atoms with E-state index in [1.165, 1.54) is 58.8 Å². The van der Waals surface area contributed by atoms with Crippen LogP contribution in [0.5, 0.6) is 0 Å². The Bertz CT molecular complexity index is 2940. The van der Waals surface area contributed by atoms with E-state index in [0.717, 1.165) is 37.7 Å². The first-order chi connectivity index (χ1) is 27.7. The summed E-state index contributed by atoms with van der Waals surface area (Å²) < 4.78 is 2.39. The SMILES string of the molecule is C1=CC2Sc3ccccc3C3(c4ccccc4-c4ccc(-c5ccc(-c6cc(-c7nc8ccccc8s7)cc(-c7nc8ccccc8s7)c6)cc5)cc43)C2C=C1. The zero-order valence-corrected chi connectivity index (χ0v) is 32.5. The van der Waals surface area contributed by atoms with E-state index in [9.17, 15) is 0 Å². The minimum absolute atomic E-state index is 0.270. The molecule has 3 aliphatic rings. The Morgan fingerprint density at radius 1 is 0.429 bits per heavy atom. The number of nitrogens with zero attached hydrogens (tertiary/aromatic N) is 2. The molecule has 5 heteroatoms. The summed E-state index contributed by atoms with van der Waals surface area (Å²) in [5, 5.41) is 2.41. The van der Waals surface area contributed by atoms with Gasteiger partial charge in [-0.1, -0.05) is 127 Å². The molecule has 2 aromatic heterocycles. The van der Waals surface area contributed by atoms with Crippen LogP contribution in [0.4, 0.5) is 0 Å². The minimum atomic E-state index is -0.270. The molecular weight excluding hydrogens is 737 g/mol. The summed E-state index contributed by atoms with van der Waals surface area (Å²) in [4.78, 5) is 11.5. The van der Waals surface area contributed by atoms with Crippen molar-refractivity contribution in [2.45, 2.75) is 15.6 Å². The van der Waals surface area contributed by atoms with E-state index in [-0.39, 0.29) is 5.41 Å². The Morgan fingerprint density at radius 3 is 1.70 bits per heavy atom. The molecule has 3 unspecified atom stereocenters. The predicted octanol–water partition coefficient (Wildman–Crippen LogP) is 14.1. The average Bonchev–Trinajstić information content (AvgIpc) is 3.98. The summed E-state index contributed by atoms with van der Waals surface area (Å²) in [7, 11) is 0. The largest absolute Gasteiger partial charge is 0.236 e. The molecular formula is C51H32N2S3. The first kappa shape index (κ1) is 32.4. The van der Waals surface area contributed by atoms with Crippen LogP contribution in [0.3, 0.4) is 0 Å². The lowest BCUT2D eigenvalue weighted by Crippen LogP contribution is -2.43. The van der Waals surface area contributed by atoms with Crippen LogP contribution in [0.2, 0.25) is 0 Å². The standard InChI is InChI=1S/C51H32N2S3/c1-2-12-39-37(11-1)38-26-25-33(30-42(38)51(39)40-13-3-7-17-45(40)54-46-18-8-4-14-41(46)51)31-21-23-32(24-22-31)34-27-35(49-52-43-15-5-9-19-47(43)55-49)29-36(28-34)50-53-44-16-6-10-20-48(44)56-50/h1-30,40,45H. The van der Waals surface area contributed by atoms with Crippen molar-refractivity contribution >= 4 is 54.9 Å². The van der Waals surface area contributed by atoms with E-state index in [4.69, 9.17) is 9.97 Å². The van der Waals surface area contributed by atoms with Crippen LogP contribution in [-0.4, -0.2) is 15.2 Å². The third-order valence-electron chi connectivity index (χ3n) is 11.8. The summed E-state index contributed by atoms with van der Waals surface area (Å²) in [6, 6.07) is 58.2. The van der Waals surface area contributed by atoms with Crippen molar-refractivity contribution in [3.05, 3.63) is 199 Å². The Morgan fingerprint density at radius 2 is 0.982 bits per heavy atom. The number of fused-ring (bicyclic) bond motifs is 11. The molecule has 0 amide bonds. The maximum absolute atomic E-state index is 5.06. The number of rotatable bonds is 4. The van der Waals surface area contributed by atoms with Gasteiger partial charge in [0, 0.05) is 27.2 Å². The maximum atomic E-state index is 5.06. The molecule has 9 aromatic rings. The Balaban J connectivity index is 0.983. The van der Waals surface area contributed by atoms with Gasteiger partial charge in [0.2, 0.25) is 0 Å². The second-order valence-corrected chi connectivity index (χ2v) is 18.1. The average molecular weight is 769 g/mol. The van der Waals surface area contributed by atoms with Gasteiger partial charge in [-0.25, -0.2) is 9.97 Å². The lowest BCUT2D eigenvalue weighted by molar-refractivity contribution is 0.449. The lowest BCUT2D eigenvalue weighted by atomic mass is 9.61. The van der Waals surface area contributed by atoms with Gasteiger partial charge >= 0.3 is 0 Å². The van der Waals surface area contributed by atoms with E-state index in [1.807, 2.05) is 11.8 Å². The van der Waals surface area contributed by atoms with Gasteiger partial charge < -0.3 is 0 Å². The molecule has 0 radical (unpaired) electrons. The fourth-order valence-corrected chi connectivity index (χ4v) is 12.7. The van der Waals surface area contributed by atoms with Crippen LogP contribution in [-0.2, 0) is 5.41 Å². The summed E-state index contributed by atoms with van der Waals surface area (Å²) >= 11 is 5.49. The predicted molar refractivity (Wildman–Crippen MR) is 238 cm³/mol. The van der Waals surface area contributed by atoms with Gasteiger partial charge in [0.15, 0.2) is 0 Å². The Kier molecular flexibility index (Phi) is 7.28. The molecule has 1 aliphatic heterocycles. The number of hydrogen-bond donors (Lipinski definition) is 0. The first-order valence-corrected chi connectivity index (χ1v) is 21.6. The highest BCUT2D eigenvalue weighted by Crippen LogP contribution is 2.63. The summed E-state index contributed by atoms with van der Waals surface area (Å²) in [5.41, 5.74) is 15.7. The van der Waals surface area contributed by atoms with Crippen molar-refractivity contribution < 1.29 is 0 Å². The molecule has 0 saturated carbocycles. The number of thioether (sulfide) groups is 1. The number of thiazole rings is 2. The van der Waals surface area contributed by atoms with E-state index in [1.54, 1.807) is 22.7 Å². The highest BCUT2D eigenvalue weighted by Gasteiger charge is 2.54. The number of para-hydroxylation sites is 2. The number of benzene rings is 7. The number of aromatic nitrogens is 2. The molecule has 0 N–H and O–H groups in total. The normalized spacial score (nSPS) is 18.9. The topological polar surface area (TPSA) is 25.8 Å². The fourth-order valence-electron chi connectivity index (χ4n) is 9.34. The molecule has 3 heterocycles. The molecule has 12 rings (SSSR count). The Labute approximate surface area is 337 Å². The van der Waals surface area contributed by atoms with Crippen molar-refractivity contribution in [3.8, 4) is 54.5 Å². The first-order valence-electron chi connectivity index (χ1n) is 19.0. The van der Waals surface area contributed by atoms with Gasteiger partial charge in [0.1, 0.15) is 10.0 Å². The molecule has 7 aromatic carbocycles. The molecule has 0 bridgehead atoms. The Hall–Kier alpha value is -5.85. The molecule has 264 valence electrons. The number of allylic oxidation sites excluding steroid dienone is 3. The van der Waals surface area contributed by atoms with Crippen LogP contribution >= 0.6 is 34.4 Å². The van der Waals surface area contributed by atoms with Crippen LogP contribution in [0.25, 0.3) is 75.0 Å². The maximum Gasteiger partial charge on any atom is 0.124 e. The van der Waals surface area contributed by atoms with Crippen LogP contribution in [0, 0.1) is 5.92 Å². The zero-order valence-electron chi connectivity index (χ0n) is 30.1. The van der Waals surface area contributed by atoms with E-state index in [2.05, 4.69) is 182 Å².